The molecule has 0 N–H and O–H groups in total. The lowest BCUT2D eigenvalue weighted by Gasteiger charge is -2.13. The van der Waals surface area contributed by atoms with Crippen LogP contribution in [0, 0.1) is 11.3 Å². The fourth-order valence-electron chi connectivity index (χ4n) is 1.40. The third kappa shape index (κ3) is 1.92. The van der Waals surface area contributed by atoms with E-state index in [1.165, 1.54) is 12.8 Å². The highest BCUT2D eigenvalue weighted by Crippen LogP contribution is 2.52. The average Bonchev–Trinajstić information content (AvgIpc) is 2.70. The van der Waals surface area contributed by atoms with Crippen molar-refractivity contribution >= 4 is 6.21 Å². The molecule has 1 fully saturated rings. The predicted octanol–water partition coefficient (Wildman–Crippen LogP) is 2.68. The van der Waals surface area contributed by atoms with Crippen molar-refractivity contribution in [2.24, 2.45) is 16.3 Å². The van der Waals surface area contributed by atoms with Gasteiger partial charge in [-0.2, -0.15) is 0 Å². The molecule has 1 nitrogen and oxygen atoms in total. The van der Waals surface area contributed by atoms with Gasteiger partial charge in [-0.15, -0.1) is 0 Å². The number of rotatable bonds is 3. The van der Waals surface area contributed by atoms with Crippen LogP contribution in [0.25, 0.3) is 0 Å². The van der Waals surface area contributed by atoms with Crippen LogP contribution in [0.4, 0.5) is 0 Å². The molecule has 0 bridgehead atoms. The quantitative estimate of drug-likeness (QED) is 0.550. The van der Waals surface area contributed by atoms with Gasteiger partial charge in [0.2, 0.25) is 0 Å². The number of hydrogen-bond acceptors (Lipinski definition) is 1. The lowest BCUT2D eigenvalue weighted by atomic mass is 9.92. The molecular formula is C10H17N. The van der Waals surface area contributed by atoms with Crippen LogP contribution < -0.4 is 0 Å². The second-order valence-corrected chi connectivity index (χ2v) is 3.65. The molecule has 1 aliphatic rings. The Hall–Kier alpha value is -0.590. The van der Waals surface area contributed by atoms with Crippen LogP contribution in [-0.4, -0.2) is 13.3 Å². The third-order valence-electron chi connectivity index (χ3n) is 2.64. The largest absolute Gasteiger partial charge is 0.297 e. The summed E-state index contributed by atoms with van der Waals surface area (Å²) in [5.41, 5.74) is 0.529. The number of nitrogens with zero attached hydrogens (tertiary/aromatic N) is 1. The molecule has 0 amide bonds. The molecule has 1 saturated carbocycles. The van der Waals surface area contributed by atoms with Crippen molar-refractivity contribution in [1.29, 1.82) is 0 Å². The molecule has 1 rings (SSSR count). The van der Waals surface area contributed by atoms with Crippen molar-refractivity contribution < 1.29 is 0 Å². The molecule has 0 aromatic rings. The first-order valence-electron chi connectivity index (χ1n) is 4.31. The monoisotopic (exact) mass is 151 g/mol. The van der Waals surface area contributed by atoms with E-state index in [4.69, 9.17) is 0 Å². The lowest BCUT2D eigenvalue weighted by molar-refractivity contribution is 0.448. The van der Waals surface area contributed by atoms with E-state index in [9.17, 15) is 0 Å². The minimum Gasteiger partial charge on any atom is -0.297 e. The predicted molar refractivity (Wildman–Crippen MR) is 50.1 cm³/mol. The summed E-state index contributed by atoms with van der Waals surface area (Å²) in [5, 5.41) is 0. The SMILES string of the molecule is CN=C/C=C\C1(C(C)C)CC1. The zero-order chi connectivity index (χ0) is 8.32. The van der Waals surface area contributed by atoms with E-state index in [-0.39, 0.29) is 0 Å². The Morgan fingerprint density at radius 1 is 1.36 bits per heavy atom. The van der Waals surface area contributed by atoms with Crippen molar-refractivity contribution in [3.63, 3.8) is 0 Å². The second-order valence-electron chi connectivity index (χ2n) is 3.65. The Morgan fingerprint density at radius 3 is 2.36 bits per heavy atom. The molecule has 0 spiro atoms. The highest BCUT2D eigenvalue weighted by molar-refractivity contribution is 5.71. The zero-order valence-electron chi connectivity index (χ0n) is 7.67. The van der Waals surface area contributed by atoms with Gasteiger partial charge in [0, 0.05) is 13.3 Å². The maximum absolute atomic E-state index is 3.91. The average molecular weight is 151 g/mol. The first-order valence-corrected chi connectivity index (χ1v) is 4.31. The van der Waals surface area contributed by atoms with Crippen LogP contribution in [0.15, 0.2) is 17.1 Å². The van der Waals surface area contributed by atoms with E-state index in [1.807, 2.05) is 6.21 Å². The molecule has 0 atom stereocenters. The topological polar surface area (TPSA) is 12.4 Å². The molecule has 1 aliphatic carbocycles. The summed E-state index contributed by atoms with van der Waals surface area (Å²) in [4.78, 5) is 3.91. The number of allylic oxidation sites excluding steroid dienone is 2. The Labute approximate surface area is 69.2 Å². The van der Waals surface area contributed by atoms with Gasteiger partial charge in [-0.05, 0) is 30.3 Å². The van der Waals surface area contributed by atoms with Crippen molar-refractivity contribution in [2.75, 3.05) is 7.05 Å². The normalized spacial score (nSPS) is 22.2. The van der Waals surface area contributed by atoms with Crippen molar-refractivity contribution in [3.8, 4) is 0 Å². The molecule has 0 aliphatic heterocycles. The van der Waals surface area contributed by atoms with E-state index in [0.29, 0.717) is 5.41 Å². The summed E-state index contributed by atoms with van der Waals surface area (Å²) in [7, 11) is 1.80. The molecule has 11 heavy (non-hydrogen) atoms. The Balaban J connectivity index is 2.47. The molecule has 1 heteroatoms. The molecule has 0 saturated heterocycles. The molecule has 0 unspecified atom stereocenters. The van der Waals surface area contributed by atoms with Crippen LogP contribution in [0.1, 0.15) is 26.7 Å². The van der Waals surface area contributed by atoms with Crippen LogP contribution in [0.3, 0.4) is 0 Å². The van der Waals surface area contributed by atoms with Gasteiger partial charge in [0.25, 0.3) is 0 Å². The number of aliphatic imine (C=N–C) groups is 1. The van der Waals surface area contributed by atoms with Crippen LogP contribution >= 0.6 is 0 Å². The Bertz CT molecular complexity index is 173. The Morgan fingerprint density at radius 2 is 2.00 bits per heavy atom. The summed E-state index contributed by atoms with van der Waals surface area (Å²) in [6, 6.07) is 0. The molecular weight excluding hydrogens is 134 g/mol. The maximum Gasteiger partial charge on any atom is 0.0277 e. The van der Waals surface area contributed by atoms with Gasteiger partial charge < -0.3 is 0 Å². The van der Waals surface area contributed by atoms with E-state index in [1.54, 1.807) is 7.05 Å². The summed E-state index contributed by atoms with van der Waals surface area (Å²) in [6.45, 7) is 4.58. The zero-order valence-corrected chi connectivity index (χ0v) is 7.67. The maximum atomic E-state index is 3.91. The summed E-state index contributed by atoms with van der Waals surface area (Å²) < 4.78 is 0. The van der Waals surface area contributed by atoms with Gasteiger partial charge in [-0.25, -0.2) is 0 Å². The molecule has 0 aromatic carbocycles. The van der Waals surface area contributed by atoms with Gasteiger partial charge >= 0.3 is 0 Å². The molecule has 0 aromatic heterocycles. The van der Waals surface area contributed by atoms with E-state index >= 15 is 0 Å². The number of hydrogen-bond donors (Lipinski definition) is 0. The van der Waals surface area contributed by atoms with E-state index in [0.717, 1.165) is 5.92 Å². The van der Waals surface area contributed by atoms with Gasteiger partial charge in [0.15, 0.2) is 0 Å². The molecule has 0 heterocycles. The van der Waals surface area contributed by atoms with Crippen LogP contribution in [-0.2, 0) is 0 Å². The van der Waals surface area contributed by atoms with Gasteiger partial charge in [0.1, 0.15) is 0 Å². The van der Waals surface area contributed by atoms with Crippen molar-refractivity contribution in [1.82, 2.24) is 0 Å². The van der Waals surface area contributed by atoms with Crippen molar-refractivity contribution in [2.45, 2.75) is 26.7 Å². The molecule has 0 radical (unpaired) electrons. The smallest absolute Gasteiger partial charge is 0.0277 e. The van der Waals surface area contributed by atoms with E-state index in [2.05, 4.69) is 31.0 Å². The molecule has 62 valence electrons. The highest BCUT2D eigenvalue weighted by atomic mass is 14.6. The summed E-state index contributed by atoms with van der Waals surface area (Å²) >= 11 is 0. The van der Waals surface area contributed by atoms with Gasteiger partial charge in [-0.1, -0.05) is 19.9 Å². The van der Waals surface area contributed by atoms with Crippen LogP contribution in [0.5, 0.6) is 0 Å². The minimum atomic E-state index is 0.529. The third-order valence-corrected chi connectivity index (χ3v) is 2.64. The standard InChI is InChI=1S/C10H17N/c1-9(2)10(6-7-10)5-4-8-11-3/h4-5,8-9H,6-7H2,1-3H3/b5-4-,11-8?. The van der Waals surface area contributed by atoms with Crippen molar-refractivity contribution in [3.05, 3.63) is 12.2 Å². The fourth-order valence-corrected chi connectivity index (χ4v) is 1.40. The highest BCUT2D eigenvalue weighted by Gasteiger charge is 2.42. The van der Waals surface area contributed by atoms with Gasteiger partial charge in [-0.3, -0.25) is 4.99 Å². The first kappa shape index (κ1) is 8.51. The minimum absolute atomic E-state index is 0.529. The summed E-state index contributed by atoms with van der Waals surface area (Å²) in [6.07, 6.45) is 8.97. The first-order chi connectivity index (χ1) is 5.21. The fraction of sp³-hybridized carbons (Fsp3) is 0.700. The lowest BCUT2D eigenvalue weighted by Crippen LogP contribution is -2.04. The van der Waals surface area contributed by atoms with E-state index < -0.39 is 0 Å². The van der Waals surface area contributed by atoms with Crippen LogP contribution in [0.2, 0.25) is 0 Å². The van der Waals surface area contributed by atoms with Gasteiger partial charge in [0.05, 0.1) is 0 Å². The summed E-state index contributed by atoms with van der Waals surface area (Å²) in [5.74, 6) is 0.781. The Kier molecular flexibility index (Phi) is 2.48. The second kappa shape index (κ2) is 3.21.